The molecule has 0 saturated heterocycles. The highest BCUT2D eigenvalue weighted by atomic mass is 79.9. The van der Waals surface area contributed by atoms with Crippen molar-refractivity contribution < 1.29 is 9.26 Å². The number of rotatable bonds is 5. The Morgan fingerprint density at radius 3 is 2.54 bits per heavy atom. The molecule has 4 nitrogen and oxygen atoms in total. The lowest BCUT2D eigenvalue weighted by Gasteiger charge is -2.10. The number of aromatic nitrogens is 2. The molecule has 1 aromatic heterocycles. The Bertz CT molecular complexity index is 826. The van der Waals surface area contributed by atoms with E-state index in [-0.39, 0.29) is 6.61 Å². The van der Waals surface area contributed by atoms with Crippen molar-refractivity contribution in [2.45, 2.75) is 33.3 Å². The Labute approximate surface area is 150 Å². The van der Waals surface area contributed by atoms with Crippen molar-refractivity contribution >= 4 is 15.9 Å². The van der Waals surface area contributed by atoms with Gasteiger partial charge in [-0.3, -0.25) is 0 Å². The summed E-state index contributed by atoms with van der Waals surface area (Å²) >= 11 is 3.55. The van der Waals surface area contributed by atoms with Crippen LogP contribution in [-0.2, 0) is 6.61 Å². The molecule has 0 bridgehead atoms. The van der Waals surface area contributed by atoms with Gasteiger partial charge in [0.25, 0.3) is 5.89 Å². The van der Waals surface area contributed by atoms with E-state index < -0.39 is 0 Å². The van der Waals surface area contributed by atoms with E-state index in [4.69, 9.17) is 9.26 Å². The predicted octanol–water partition coefficient (Wildman–Crippen LogP) is 5.51. The Kier molecular flexibility index (Phi) is 5.00. The van der Waals surface area contributed by atoms with E-state index in [0.29, 0.717) is 17.6 Å². The summed E-state index contributed by atoms with van der Waals surface area (Å²) in [5.41, 5.74) is 3.38. The summed E-state index contributed by atoms with van der Waals surface area (Å²) in [7, 11) is 0. The average Bonchev–Trinajstić information content (AvgIpc) is 3.03. The number of halogens is 1. The van der Waals surface area contributed by atoms with Crippen molar-refractivity contribution in [3.8, 4) is 17.1 Å². The summed E-state index contributed by atoms with van der Waals surface area (Å²) in [5.74, 6) is 2.26. The summed E-state index contributed by atoms with van der Waals surface area (Å²) in [6, 6.07) is 14.1. The van der Waals surface area contributed by atoms with E-state index in [1.165, 1.54) is 11.1 Å². The highest BCUT2D eigenvalue weighted by Crippen LogP contribution is 2.29. The molecule has 124 valence electrons. The van der Waals surface area contributed by atoms with E-state index in [2.05, 4.69) is 52.1 Å². The molecule has 0 aliphatic rings. The predicted molar refractivity (Wildman–Crippen MR) is 97.0 cm³/mol. The Morgan fingerprint density at radius 2 is 1.88 bits per heavy atom. The van der Waals surface area contributed by atoms with Crippen LogP contribution in [0.2, 0.25) is 0 Å². The maximum atomic E-state index is 5.78. The third-order valence-corrected chi connectivity index (χ3v) is 4.37. The van der Waals surface area contributed by atoms with Crippen molar-refractivity contribution in [2.24, 2.45) is 0 Å². The second-order valence-corrected chi connectivity index (χ2v) is 6.87. The maximum absolute atomic E-state index is 5.78. The van der Waals surface area contributed by atoms with Crippen molar-refractivity contribution in [3.63, 3.8) is 0 Å². The van der Waals surface area contributed by atoms with Gasteiger partial charge in [0.2, 0.25) is 5.82 Å². The van der Waals surface area contributed by atoms with Gasteiger partial charge in [0.15, 0.2) is 6.61 Å². The van der Waals surface area contributed by atoms with Gasteiger partial charge in [-0.15, -0.1) is 0 Å². The zero-order chi connectivity index (χ0) is 17.1. The quantitative estimate of drug-likeness (QED) is 0.579. The first-order valence-corrected chi connectivity index (χ1v) is 8.64. The van der Waals surface area contributed by atoms with Gasteiger partial charge < -0.3 is 9.26 Å². The molecule has 5 heteroatoms. The molecule has 3 rings (SSSR count). The molecule has 24 heavy (non-hydrogen) atoms. The standard InChI is InChI=1S/C19H19BrN2O2/c1-12(2)15-8-9-17(16(20)10-15)23-11-18-21-19(22-24-18)14-6-4-13(3)5-7-14/h4-10,12H,11H2,1-3H3. The smallest absolute Gasteiger partial charge is 0.264 e. The molecule has 0 N–H and O–H groups in total. The lowest BCUT2D eigenvalue weighted by Crippen LogP contribution is -1.97. The summed E-state index contributed by atoms with van der Waals surface area (Å²) in [6.07, 6.45) is 0. The van der Waals surface area contributed by atoms with Gasteiger partial charge in [-0.2, -0.15) is 4.98 Å². The lowest BCUT2D eigenvalue weighted by atomic mass is 10.0. The highest BCUT2D eigenvalue weighted by Gasteiger charge is 2.11. The number of nitrogens with zero attached hydrogens (tertiary/aromatic N) is 2. The van der Waals surface area contributed by atoms with Crippen LogP contribution in [0.25, 0.3) is 11.4 Å². The van der Waals surface area contributed by atoms with Crippen molar-refractivity contribution in [2.75, 3.05) is 0 Å². The van der Waals surface area contributed by atoms with Crippen molar-refractivity contribution in [1.29, 1.82) is 0 Å². The van der Waals surface area contributed by atoms with Crippen LogP contribution in [0.3, 0.4) is 0 Å². The van der Waals surface area contributed by atoms with Gasteiger partial charge in [-0.05, 0) is 46.5 Å². The van der Waals surface area contributed by atoms with Crippen LogP contribution < -0.4 is 4.74 Å². The molecule has 0 aliphatic carbocycles. The van der Waals surface area contributed by atoms with Crippen molar-refractivity contribution in [3.05, 3.63) is 64.0 Å². The third kappa shape index (κ3) is 3.85. The topological polar surface area (TPSA) is 48.2 Å². The van der Waals surface area contributed by atoms with Crippen molar-refractivity contribution in [1.82, 2.24) is 10.1 Å². The highest BCUT2D eigenvalue weighted by molar-refractivity contribution is 9.10. The molecule has 1 heterocycles. The fourth-order valence-corrected chi connectivity index (χ4v) is 2.78. The Hall–Kier alpha value is -2.14. The van der Waals surface area contributed by atoms with Crippen LogP contribution in [0.1, 0.15) is 36.8 Å². The number of ether oxygens (including phenoxy) is 1. The van der Waals surface area contributed by atoms with E-state index >= 15 is 0 Å². The minimum Gasteiger partial charge on any atom is -0.483 e. The minimum absolute atomic E-state index is 0.235. The molecule has 0 atom stereocenters. The number of hydrogen-bond acceptors (Lipinski definition) is 4. The van der Waals surface area contributed by atoms with Gasteiger partial charge in [0, 0.05) is 5.56 Å². The van der Waals surface area contributed by atoms with Crippen LogP contribution in [0.5, 0.6) is 5.75 Å². The number of aryl methyl sites for hydroxylation is 1. The monoisotopic (exact) mass is 386 g/mol. The molecule has 0 unspecified atom stereocenters. The summed E-state index contributed by atoms with van der Waals surface area (Å²) in [4.78, 5) is 4.38. The fraction of sp³-hybridized carbons (Fsp3) is 0.263. The van der Waals surface area contributed by atoms with Gasteiger partial charge in [-0.1, -0.05) is 54.9 Å². The molecular weight excluding hydrogens is 368 g/mol. The molecule has 3 aromatic rings. The Morgan fingerprint density at radius 1 is 1.12 bits per heavy atom. The van der Waals surface area contributed by atoms with Crippen LogP contribution in [0.4, 0.5) is 0 Å². The van der Waals surface area contributed by atoms with Crippen LogP contribution in [0.15, 0.2) is 51.5 Å². The largest absolute Gasteiger partial charge is 0.483 e. The summed E-state index contributed by atoms with van der Waals surface area (Å²) in [6.45, 7) is 6.60. The van der Waals surface area contributed by atoms with E-state index in [0.717, 1.165) is 15.8 Å². The second kappa shape index (κ2) is 7.18. The second-order valence-electron chi connectivity index (χ2n) is 6.01. The van der Waals surface area contributed by atoms with Gasteiger partial charge >= 0.3 is 0 Å². The fourth-order valence-electron chi connectivity index (χ4n) is 2.27. The van der Waals surface area contributed by atoms with Crippen LogP contribution in [-0.4, -0.2) is 10.1 Å². The average molecular weight is 387 g/mol. The normalized spacial score (nSPS) is 11.0. The first-order valence-electron chi connectivity index (χ1n) is 7.85. The summed E-state index contributed by atoms with van der Waals surface area (Å²) < 4.78 is 12.0. The van der Waals surface area contributed by atoms with Gasteiger partial charge in [0.05, 0.1) is 4.47 Å². The number of hydrogen-bond donors (Lipinski definition) is 0. The van der Waals surface area contributed by atoms with Crippen LogP contribution in [0, 0.1) is 6.92 Å². The maximum Gasteiger partial charge on any atom is 0.264 e. The molecule has 0 saturated carbocycles. The minimum atomic E-state index is 0.235. The molecule has 2 aromatic carbocycles. The zero-order valence-corrected chi connectivity index (χ0v) is 15.5. The van der Waals surface area contributed by atoms with Gasteiger partial charge in [0.1, 0.15) is 5.75 Å². The lowest BCUT2D eigenvalue weighted by molar-refractivity contribution is 0.241. The third-order valence-electron chi connectivity index (χ3n) is 3.75. The molecule has 0 fully saturated rings. The molecule has 0 amide bonds. The SMILES string of the molecule is Cc1ccc(-c2noc(COc3ccc(C(C)C)cc3Br)n2)cc1. The number of benzene rings is 2. The first-order chi connectivity index (χ1) is 11.5. The first kappa shape index (κ1) is 16.7. The van der Waals surface area contributed by atoms with Crippen LogP contribution >= 0.6 is 15.9 Å². The molecular formula is C19H19BrN2O2. The summed E-state index contributed by atoms with van der Waals surface area (Å²) in [5, 5.41) is 4.01. The van der Waals surface area contributed by atoms with Gasteiger partial charge in [-0.25, -0.2) is 0 Å². The van der Waals surface area contributed by atoms with E-state index in [9.17, 15) is 0 Å². The van der Waals surface area contributed by atoms with E-state index in [1.54, 1.807) is 0 Å². The zero-order valence-electron chi connectivity index (χ0n) is 13.9. The molecule has 0 spiro atoms. The molecule has 0 radical (unpaired) electrons. The molecule has 0 aliphatic heterocycles. The Balaban J connectivity index is 1.68. The van der Waals surface area contributed by atoms with E-state index in [1.807, 2.05) is 37.3 Å².